The van der Waals surface area contributed by atoms with E-state index in [9.17, 15) is 4.79 Å². The Bertz CT molecular complexity index is 825. The van der Waals surface area contributed by atoms with Gasteiger partial charge in [-0.05, 0) is 38.1 Å². The summed E-state index contributed by atoms with van der Waals surface area (Å²) in [4.78, 5) is 18.9. The van der Waals surface area contributed by atoms with Gasteiger partial charge in [0.05, 0.1) is 16.8 Å². The maximum atomic E-state index is 12.3. The molecule has 24 heavy (non-hydrogen) atoms. The lowest BCUT2D eigenvalue weighted by Gasteiger charge is -2.18. The van der Waals surface area contributed by atoms with Gasteiger partial charge in [-0.3, -0.25) is 9.36 Å². The van der Waals surface area contributed by atoms with E-state index in [1.165, 1.54) is 11.8 Å². The van der Waals surface area contributed by atoms with Crippen molar-refractivity contribution in [2.75, 3.05) is 18.8 Å². The van der Waals surface area contributed by atoms with Gasteiger partial charge in [0.1, 0.15) is 0 Å². The Labute approximate surface area is 146 Å². The third kappa shape index (κ3) is 3.31. The second-order valence-electron chi connectivity index (χ2n) is 5.41. The highest BCUT2D eigenvalue weighted by atomic mass is 32.2. The van der Waals surface area contributed by atoms with Crippen LogP contribution >= 0.6 is 11.8 Å². The van der Waals surface area contributed by atoms with E-state index in [0.29, 0.717) is 5.75 Å². The molecule has 5 heteroatoms. The van der Waals surface area contributed by atoms with Gasteiger partial charge in [-0.1, -0.05) is 42.1 Å². The Morgan fingerprint density at radius 3 is 2.42 bits per heavy atom. The Balaban J connectivity index is 1.94. The second kappa shape index (κ2) is 7.53. The quantitative estimate of drug-likeness (QED) is 0.638. The van der Waals surface area contributed by atoms with Crippen LogP contribution in [-0.4, -0.2) is 39.2 Å². The van der Waals surface area contributed by atoms with Crippen LogP contribution in [0.2, 0.25) is 0 Å². The predicted molar refractivity (Wildman–Crippen MR) is 99.7 cm³/mol. The van der Waals surface area contributed by atoms with Crippen LogP contribution in [0.4, 0.5) is 0 Å². The molecule has 1 heterocycles. The van der Waals surface area contributed by atoms with Crippen molar-refractivity contribution >= 4 is 28.7 Å². The minimum atomic E-state index is 0.150. The lowest BCUT2D eigenvalue weighted by molar-refractivity contribution is -0.127. The largest absolute Gasteiger partial charge is 0.343 e. The number of benzene rings is 2. The molecule has 0 aliphatic rings. The van der Waals surface area contributed by atoms with Crippen molar-refractivity contribution in [1.82, 2.24) is 14.5 Å². The van der Waals surface area contributed by atoms with Crippen molar-refractivity contribution in [3.05, 3.63) is 54.6 Å². The van der Waals surface area contributed by atoms with Crippen molar-refractivity contribution in [1.29, 1.82) is 0 Å². The lowest BCUT2D eigenvalue weighted by Crippen LogP contribution is -2.31. The zero-order valence-electron chi connectivity index (χ0n) is 14.0. The number of para-hydroxylation sites is 3. The van der Waals surface area contributed by atoms with Crippen LogP contribution in [0.5, 0.6) is 0 Å². The normalized spacial score (nSPS) is 10.9. The molecule has 0 fully saturated rings. The van der Waals surface area contributed by atoms with Crippen LogP contribution in [-0.2, 0) is 4.79 Å². The number of amides is 1. The fourth-order valence-corrected chi connectivity index (χ4v) is 3.65. The molecule has 1 amide bonds. The molecule has 0 aliphatic heterocycles. The summed E-state index contributed by atoms with van der Waals surface area (Å²) in [7, 11) is 0. The Kier molecular flexibility index (Phi) is 5.20. The number of nitrogens with zero attached hydrogens (tertiary/aromatic N) is 3. The highest BCUT2D eigenvalue weighted by Crippen LogP contribution is 2.28. The maximum Gasteiger partial charge on any atom is 0.233 e. The van der Waals surface area contributed by atoms with E-state index >= 15 is 0 Å². The smallest absolute Gasteiger partial charge is 0.233 e. The van der Waals surface area contributed by atoms with Crippen LogP contribution < -0.4 is 0 Å². The molecule has 0 unspecified atom stereocenters. The summed E-state index contributed by atoms with van der Waals surface area (Å²) in [5.74, 6) is 0.550. The van der Waals surface area contributed by atoms with Gasteiger partial charge in [0, 0.05) is 18.8 Å². The minimum absolute atomic E-state index is 0.150. The number of carbonyl (C=O) groups excluding carboxylic acids is 1. The Morgan fingerprint density at radius 1 is 1.04 bits per heavy atom. The molecule has 0 radical (unpaired) electrons. The third-order valence-electron chi connectivity index (χ3n) is 3.99. The van der Waals surface area contributed by atoms with E-state index in [4.69, 9.17) is 4.98 Å². The summed E-state index contributed by atoms with van der Waals surface area (Å²) in [5, 5.41) is 0.850. The molecule has 0 atom stereocenters. The first kappa shape index (κ1) is 16.6. The van der Waals surface area contributed by atoms with Crippen LogP contribution in [0.3, 0.4) is 0 Å². The van der Waals surface area contributed by atoms with Gasteiger partial charge in [0.15, 0.2) is 5.16 Å². The van der Waals surface area contributed by atoms with Crippen LogP contribution in [0.15, 0.2) is 59.8 Å². The van der Waals surface area contributed by atoms with Gasteiger partial charge in [-0.25, -0.2) is 4.98 Å². The molecule has 0 saturated carbocycles. The van der Waals surface area contributed by atoms with Crippen LogP contribution in [0.1, 0.15) is 13.8 Å². The number of hydrogen-bond donors (Lipinski definition) is 0. The molecule has 0 spiro atoms. The maximum absolute atomic E-state index is 12.3. The van der Waals surface area contributed by atoms with E-state index in [2.05, 4.69) is 22.8 Å². The summed E-state index contributed by atoms with van der Waals surface area (Å²) < 4.78 is 2.12. The van der Waals surface area contributed by atoms with Crippen molar-refractivity contribution < 1.29 is 4.79 Å². The monoisotopic (exact) mass is 339 g/mol. The van der Waals surface area contributed by atoms with Crippen molar-refractivity contribution in [3.8, 4) is 5.69 Å². The molecule has 3 aromatic rings. The summed E-state index contributed by atoms with van der Waals surface area (Å²) >= 11 is 1.50. The first-order chi connectivity index (χ1) is 11.7. The molecule has 1 aromatic heterocycles. The summed E-state index contributed by atoms with van der Waals surface area (Å²) in [6.07, 6.45) is 0. The van der Waals surface area contributed by atoms with Crippen molar-refractivity contribution in [3.63, 3.8) is 0 Å². The number of carbonyl (C=O) groups is 1. The molecule has 0 N–H and O–H groups in total. The molecule has 124 valence electrons. The van der Waals surface area contributed by atoms with E-state index in [1.54, 1.807) is 0 Å². The average Bonchev–Trinajstić information content (AvgIpc) is 3.00. The Hall–Kier alpha value is -2.27. The SMILES string of the molecule is CCN(CC)C(=O)CSc1nc2ccccc2n1-c1ccccc1. The number of rotatable bonds is 6. The molecular weight excluding hydrogens is 318 g/mol. The predicted octanol–water partition coefficient (Wildman–Crippen LogP) is 3.99. The molecule has 2 aromatic carbocycles. The standard InChI is InChI=1S/C19H21N3OS/c1-3-21(4-2)18(23)14-24-19-20-16-12-8-9-13-17(16)22(19)15-10-6-5-7-11-15/h5-13H,3-4,14H2,1-2H3. The highest BCUT2D eigenvalue weighted by Gasteiger charge is 2.16. The number of fused-ring (bicyclic) bond motifs is 1. The van der Waals surface area contributed by atoms with Crippen molar-refractivity contribution in [2.24, 2.45) is 0 Å². The zero-order chi connectivity index (χ0) is 16.9. The molecule has 4 nitrogen and oxygen atoms in total. The van der Waals surface area contributed by atoms with E-state index in [0.717, 1.165) is 35.0 Å². The average molecular weight is 339 g/mol. The Morgan fingerprint density at radius 2 is 1.71 bits per heavy atom. The van der Waals surface area contributed by atoms with Gasteiger partial charge in [0.2, 0.25) is 5.91 Å². The summed E-state index contributed by atoms with van der Waals surface area (Å²) in [5.41, 5.74) is 3.06. The fraction of sp³-hybridized carbons (Fsp3) is 0.263. The van der Waals surface area contributed by atoms with Gasteiger partial charge >= 0.3 is 0 Å². The van der Waals surface area contributed by atoms with Crippen molar-refractivity contribution in [2.45, 2.75) is 19.0 Å². The second-order valence-corrected chi connectivity index (χ2v) is 6.35. The van der Waals surface area contributed by atoms with Gasteiger partial charge in [0.25, 0.3) is 0 Å². The number of imidazole rings is 1. The summed E-state index contributed by atoms with van der Waals surface area (Å²) in [6.45, 7) is 5.49. The molecule has 0 bridgehead atoms. The number of hydrogen-bond acceptors (Lipinski definition) is 3. The first-order valence-electron chi connectivity index (χ1n) is 8.18. The number of aromatic nitrogens is 2. The molecule has 0 saturated heterocycles. The molecule has 3 rings (SSSR count). The highest BCUT2D eigenvalue weighted by molar-refractivity contribution is 7.99. The topological polar surface area (TPSA) is 38.1 Å². The van der Waals surface area contributed by atoms with Gasteiger partial charge < -0.3 is 4.90 Å². The third-order valence-corrected chi connectivity index (χ3v) is 4.91. The van der Waals surface area contributed by atoms with Gasteiger partial charge in [-0.15, -0.1) is 0 Å². The molecule has 0 aliphatic carbocycles. The van der Waals surface area contributed by atoms with Crippen LogP contribution in [0.25, 0.3) is 16.7 Å². The van der Waals surface area contributed by atoms with Crippen LogP contribution in [0, 0.1) is 0 Å². The van der Waals surface area contributed by atoms with E-state index < -0.39 is 0 Å². The summed E-state index contributed by atoms with van der Waals surface area (Å²) in [6, 6.07) is 18.2. The fourth-order valence-electron chi connectivity index (χ4n) is 2.72. The zero-order valence-corrected chi connectivity index (χ0v) is 14.8. The number of thioether (sulfide) groups is 1. The molecular formula is C19H21N3OS. The van der Waals surface area contributed by atoms with E-state index in [1.807, 2.05) is 55.1 Å². The minimum Gasteiger partial charge on any atom is -0.343 e. The first-order valence-corrected chi connectivity index (χ1v) is 9.16. The van der Waals surface area contributed by atoms with Gasteiger partial charge in [-0.2, -0.15) is 0 Å². The lowest BCUT2D eigenvalue weighted by atomic mass is 10.3. The van der Waals surface area contributed by atoms with E-state index in [-0.39, 0.29) is 5.91 Å².